The van der Waals surface area contributed by atoms with Crippen LogP contribution in [0.5, 0.6) is 0 Å². The smallest absolute Gasteiger partial charge is 0.159 e. The van der Waals surface area contributed by atoms with E-state index in [-0.39, 0.29) is 5.38 Å². The number of fused-ring (bicyclic) bond motifs is 1. The van der Waals surface area contributed by atoms with Crippen molar-refractivity contribution in [2.75, 3.05) is 0 Å². The van der Waals surface area contributed by atoms with E-state index in [0.717, 1.165) is 17.4 Å². The van der Waals surface area contributed by atoms with E-state index in [0.29, 0.717) is 5.92 Å². The van der Waals surface area contributed by atoms with Gasteiger partial charge in [-0.15, -0.1) is 11.6 Å². The van der Waals surface area contributed by atoms with Gasteiger partial charge < -0.3 is 0 Å². The van der Waals surface area contributed by atoms with Crippen molar-refractivity contribution in [2.45, 2.75) is 31.1 Å². The summed E-state index contributed by atoms with van der Waals surface area (Å²) in [7, 11) is 0. The van der Waals surface area contributed by atoms with E-state index in [9.17, 15) is 8.78 Å². The molecule has 3 rings (SSSR count). The lowest BCUT2D eigenvalue weighted by molar-refractivity contribution is 0.480. The number of rotatable bonds is 2. The van der Waals surface area contributed by atoms with Gasteiger partial charge in [0.1, 0.15) is 0 Å². The van der Waals surface area contributed by atoms with Gasteiger partial charge in [-0.05, 0) is 48.3 Å². The van der Waals surface area contributed by atoms with Gasteiger partial charge in [0.2, 0.25) is 0 Å². The fraction of sp³-hybridized carbons (Fsp3) is 0.571. The third-order valence-corrected chi connectivity index (χ3v) is 4.87. The lowest BCUT2D eigenvalue weighted by Crippen LogP contribution is -1.97. The summed E-state index contributed by atoms with van der Waals surface area (Å²) in [5, 5.41) is -0.154. The van der Waals surface area contributed by atoms with E-state index in [2.05, 4.69) is 0 Å². The average molecular weight is 257 g/mol. The largest absolute Gasteiger partial charge is 0.204 e. The fourth-order valence-corrected chi connectivity index (χ4v) is 3.90. The third kappa shape index (κ3) is 1.97. The molecule has 0 N–H and O–H groups in total. The van der Waals surface area contributed by atoms with Gasteiger partial charge in [0, 0.05) is 0 Å². The van der Waals surface area contributed by atoms with Crippen LogP contribution < -0.4 is 0 Å². The maximum absolute atomic E-state index is 13.2. The van der Waals surface area contributed by atoms with E-state index < -0.39 is 11.6 Å². The zero-order valence-electron chi connectivity index (χ0n) is 9.50. The van der Waals surface area contributed by atoms with Crippen LogP contribution in [0.25, 0.3) is 0 Å². The number of benzene rings is 1. The Kier molecular flexibility index (Phi) is 2.86. The first-order valence-electron chi connectivity index (χ1n) is 6.27. The van der Waals surface area contributed by atoms with Gasteiger partial charge >= 0.3 is 0 Å². The van der Waals surface area contributed by atoms with E-state index in [1.54, 1.807) is 6.07 Å². The number of hydrogen-bond donors (Lipinski definition) is 0. The molecular weight excluding hydrogens is 242 g/mol. The molecule has 2 fully saturated rings. The van der Waals surface area contributed by atoms with E-state index in [1.165, 1.54) is 37.8 Å². The van der Waals surface area contributed by atoms with E-state index in [4.69, 9.17) is 11.6 Å². The Morgan fingerprint density at radius 3 is 2.29 bits per heavy atom. The van der Waals surface area contributed by atoms with Crippen LogP contribution in [0.4, 0.5) is 8.78 Å². The molecule has 0 amide bonds. The molecule has 3 atom stereocenters. The summed E-state index contributed by atoms with van der Waals surface area (Å²) in [6.45, 7) is 0. The molecule has 0 aromatic heterocycles. The zero-order chi connectivity index (χ0) is 12.0. The monoisotopic (exact) mass is 256 g/mol. The predicted molar refractivity (Wildman–Crippen MR) is 63.9 cm³/mol. The van der Waals surface area contributed by atoms with Gasteiger partial charge in [-0.3, -0.25) is 0 Å². The number of hydrogen-bond acceptors (Lipinski definition) is 0. The fourth-order valence-electron chi connectivity index (χ4n) is 3.39. The summed E-state index contributed by atoms with van der Waals surface area (Å²) in [6.07, 6.45) is 5.09. The molecule has 17 heavy (non-hydrogen) atoms. The third-order valence-electron chi connectivity index (χ3n) is 4.32. The average Bonchev–Trinajstić information content (AvgIpc) is 3.06. The van der Waals surface area contributed by atoms with Gasteiger partial charge in [-0.2, -0.15) is 0 Å². The highest BCUT2D eigenvalue weighted by Gasteiger charge is 2.53. The molecule has 2 aliphatic carbocycles. The Hall–Kier alpha value is -0.630. The highest BCUT2D eigenvalue weighted by atomic mass is 35.5. The van der Waals surface area contributed by atoms with Crippen molar-refractivity contribution in [1.29, 1.82) is 0 Å². The first-order valence-corrected chi connectivity index (χ1v) is 6.71. The van der Waals surface area contributed by atoms with Crippen LogP contribution in [-0.2, 0) is 0 Å². The Bertz CT molecular complexity index is 420. The standard InChI is InChI=1S/C14H15ClF2/c15-14(8-5-6-11(16)12(17)7-8)13-9-3-1-2-4-10(9)13/h5-7,9-10,13-14H,1-4H2. The van der Waals surface area contributed by atoms with Gasteiger partial charge in [-0.25, -0.2) is 8.78 Å². The molecule has 1 aromatic rings. The molecule has 0 spiro atoms. The maximum Gasteiger partial charge on any atom is 0.159 e. The Morgan fingerprint density at radius 1 is 1.06 bits per heavy atom. The lowest BCUT2D eigenvalue weighted by atomic mass is 10.0. The molecule has 0 heterocycles. The quantitative estimate of drug-likeness (QED) is 0.674. The van der Waals surface area contributed by atoms with Crippen molar-refractivity contribution in [1.82, 2.24) is 0 Å². The molecule has 0 nitrogen and oxygen atoms in total. The van der Waals surface area contributed by atoms with E-state index >= 15 is 0 Å². The second kappa shape index (κ2) is 4.24. The zero-order valence-corrected chi connectivity index (χ0v) is 10.3. The highest BCUT2D eigenvalue weighted by Crippen LogP contribution is 2.62. The minimum Gasteiger partial charge on any atom is -0.204 e. The summed E-state index contributed by atoms with van der Waals surface area (Å²) in [4.78, 5) is 0. The highest BCUT2D eigenvalue weighted by molar-refractivity contribution is 6.21. The summed E-state index contributed by atoms with van der Waals surface area (Å²) < 4.78 is 26.0. The van der Waals surface area contributed by atoms with Crippen molar-refractivity contribution in [3.63, 3.8) is 0 Å². The molecule has 3 unspecified atom stereocenters. The van der Waals surface area contributed by atoms with Gasteiger partial charge in [0.05, 0.1) is 5.38 Å². The van der Waals surface area contributed by atoms with Crippen LogP contribution in [0.1, 0.15) is 36.6 Å². The molecule has 0 saturated heterocycles. The lowest BCUT2D eigenvalue weighted by Gasteiger charge is -2.09. The minimum absolute atomic E-state index is 0.154. The Morgan fingerprint density at radius 2 is 1.71 bits per heavy atom. The second-order valence-electron chi connectivity index (χ2n) is 5.26. The Balaban J connectivity index is 1.78. The summed E-state index contributed by atoms with van der Waals surface area (Å²) in [5.74, 6) is 0.324. The molecule has 2 saturated carbocycles. The molecule has 2 aliphatic rings. The maximum atomic E-state index is 13.2. The van der Waals surface area contributed by atoms with Gasteiger partial charge in [-0.1, -0.05) is 18.9 Å². The van der Waals surface area contributed by atoms with Crippen molar-refractivity contribution >= 4 is 11.6 Å². The van der Waals surface area contributed by atoms with Crippen molar-refractivity contribution in [2.24, 2.45) is 17.8 Å². The minimum atomic E-state index is -0.800. The predicted octanol–water partition coefficient (Wildman–Crippen LogP) is 4.68. The van der Waals surface area contributed by atoms with Crippen molar-refractivity contribution in [3.05, 3.63) is 35.4 Å². The summed E-state index contributed by atoms with van der Waals surface area (Å²) in [5.41, 5.74) is 0.727. The van der Waals surface area contributed by atoms with Crippen molar-refractivity contribution < 1.29 is 8.78 Å². The SMILES string of the molecule is Fc1ccc(C(Cl)C2C3CCCCC32)cc1F. The summed E-state index contributed by atoms with van der Waals surface area (Å²) in [6, 6.07) is 4.03. The van der Waals surface area contributed by atoms with Gasteiger partial charge in [0.15, 0.2) is 11.6 Å². The van der Waals surface area contributed by atoms with Crippen LogP contribution in [0.3, 0.4) is 0 Å². The van der Waals surface area contributed by atoms with Gasteiger partial charge in [0.25, 0.3) is 0 Å². The first kappa shape index (κ1) is 11.5. The van der Waals surface area contributed by atoms with Crippen LogP contribution in [0.2, 0.25) is 0 Å². The number of alkyl halides is 1. The molecule has 92 valence electrons. The van der Waals surface area contributed by atoms with Crippen LogP contribution in [0.15, 0.2) is 18.2 Å². The summed E-state index contributed by atoms with van der Waals surface area (Å²) >= 11 is 6.41. The molecule has 0 aliphatic heterocycles. The molecular formula is C14H15ClF2. The second-order valence-corrected chi connectivity index (χ2v) is 5.74. The number of halogens is 3. The van der Waals surface area contributed by atoms with E-state index in [1.807, 2.05) is 0 Å². The van der Waals surface area contributed by atoms with Crippen LogP contribution in [0, 0.1) is 29.4 Å². The normalized spacial score (nSPS) is 33.0. The first-order chi connectivity index (χ1) is 8.18. The molecule has 3 heteroatoms. The molecule has 1 aromatic carbocycles. The topological polar surface area (TPSA) is 0 Å². The Labute approximate surface area is 105 Å². The molecule has 0 bridgehead atoms. The van der Waals surface area contributed by atoms with Crippen LogP contribution >= 0.6 is 11.6 Å². The molecule has 0 radical (unpaired) electrons. The van der Waals surface area contributed by atoms with Crippen LogP contribution in [-0.4, -0.2) is 0 Å². The van der Waals surface area contributed by atoms with Crippen molar-refractivity contribution in [3.8, 4) is 0 Å².